The summed E-state index contributed by atoms with van der Waals surface area (Å²) in [7, 11) is 0.737. The van der Waals surface area contributed by atoms with Crippen molar-refractivity contribution >= 4 is 16.0 Å². The van der Waals surface area contributed by atoms with Crippen molar-refractivity contribution in [3.05, 3.63) is 0 Å². The van der Waals surface area contributed by atoms with Crippen molar-refractivity contribution in [2.75, 3.05) is 6.54 Å². The Bertz CT molecular complexity index is 46.2. The molecule has 1 atom stereocenters. The van der Waals surface area contributed by atoms with Crippen LogP contribution in [0.15, 0.2) is 0 Å². The van der Waals surface area contributed by atoms with Gasteiger partial charge in [-0.15, -0.1) is 0 Å². The topological polar surface area (TPSA) is 21.3 Å². The van der Waals surface area contributed by atoms with E-state index in [2.05, 4.69) is 12.2 Å². The molecule has 1 N–H and O–H groups in total. The summed E-state index contributed by atoms with van der Waals surface area (Å²) in [6, 6.07) is 0. The minimum Gasteiger partial charge on any atom is -0.420 e. The number of rotatable bonds is 0. The van der Waals surface area contributed by atoms with Gasteiger partial charge in [0, 0.05) is 6.54 Å². The summed E-state index contributed by atoms with van der Waals surface area (Å²) in [6.45, 7) is 3.07. The second-order valence-electron chi connectivity index (χ2n) is 1.58. The van der Waals surface area contributed by atoms with E-state index in [9.17, 15) is 0 Å². The lowest BCUT2D eigenvalue weighted by atomic mass is 10.3. The van der Waals surface area contributed by atoms with Crippen LogP contribution in [0.4, 0.5) is 0 Å². The van der Waals surface area contributed by atoms with Crippen LogP contribution in [0, 0.1) is 0 Å². The van der Waals surface area contributed by atoms with E-state index >= 15 is 0 Å². The quantitative estimate of drug-likeness (QED) is 0.357. The van der Waals surface area contributed by atoms with Gasteiger partial charge in [-0.3, -0.25) is 0 Å². The number of nitrogens with one attached hydrogen (secondary N) is 1. The summed E-state index contributed by atoms with van der Waals surface area (Å²) in [5.41, 5.74) is 0. The minimum atomic E-state index is 0. The highest BCUT2D eigenvalue weighted by molar-refractivity contribution is 6.24. The van der Waals surface area contributed by atoms with Gasteiger partial charge in [0.25, 0.3) is 0 Å². The van der Waals surface area contributed by atoms with Crippen LogP contribution in [-0.4, -0.2) is 28.7 Å². The van der Waals surface area contributed by atoms with E-state index in [1.807, 2.05) is 0 Å². The fraction of sp³-hybridized carbons (Fsp3) is 1.00. The largest absolute Gasteiger partial charge is 0.420 e. The fourth-order valence-electron chi connectivity index (χ4n) is 0.522. The lowest BCUT2D eigenvalue weighted by Gasteiger charge is -1.94. The van der Waals surface area contributed by atoms with Gasteiger partial charge in [0.1, 0.15) is 0 Å². The van der Waals surface area contributed by atoms with Crippen molar-refractivity contribution in [3.8, 4) is 0 Å². The Morgan fingerprint density at radius 3 is 2.71 bits per heavy atom. The van der Waals surface area contributed by atoms with E-state index < -0.39 is 0 Å². The van der Waals surface area contributed by atoms with E-state index in [0.717, 1.165) is 14.2 Å². The van der Waals surface area contributed by atoms with Crippen LogP contribution < -0.4 is 5.23 Å². The molecular weight excluding hydrogens is 87.7 g/mol. The van der Waals surface area contributed by atoms with Gasteiger partial charge in [-0.05, 0) is 6.92 Å². The van der Waals surface area contributed by atoms with Gasteiger partial charge < -0.3 is 9.88 Å². The first kappa shape index (κ1) is 7.05. The lowest BCUT2D eigenvalue weighted by Crippen LogP contribution is -2.11. The van der Waals surface area contributed by atoms with Gasteiger partial charge in [0.05, 0.1) is 14.5 Å². The molecular formula is C3H11B2NO. The molecule has 0 spiro atoms. The lowest BCUT2D eigenvalue weighted by molar-refractivity contribution is 0.276. The molecule has 0 radical (unpaired) electrons. The maximum Gasteiger partial charge on any atom is 0.361 e. The molecule has 0 aliphatic carbocycles. The Morgan fingerprint density at radius 2 is 2.57 bits per heavy atom. The smallest absolute Gasteiger partial charge is 0.361 e. The van der Waals surface area contributed by atoms with Crippen LogP contribution in [0.2, 0.25) is 0 Å². The van der Waals surface area contributed by atoms with E-state index in [4.69, 9.17) is 4.65 Å². The van der Waals surface area contributed by atoms with Crippen molar-refractivity contribution in [2.24, 2.45) is 0 Å². The zero-order valence-electron chi connectivity index (χ0n) is 3.90. The summed E-state index contributed by atoms with van der Waals surface area (Å²) < 4.78 is 5.04. The molecule has 40 valence electrons. The second-order valence-corrected chi connectivity index (χ2v) is 1.58. The molecule has 1 fully saturated rings. The molecule has 1 heterocycles. The summed E-state index contributed by atoms with van der Waals surface area (Å²) in [5.74, 6) is 0. The average Bonchev–Trinajstić information content (AvgIpc) is 1.86. The van der Waals surface area contributed by atoms with Crippen molar-refractivity contribution in [3.63, 3.8) is 0 Å². The SMILES string of the molecule is B.CC1CNBO1. The molecule has 0 aromatic carbocycles. The molecule has 1 unspecified atom stereocenters. The molecule has 2 nitrogen and oxygen atoms in total. The molecule has 1 rings (SSSR count). The molecule has 1 saturated heterocycles. The third-order valence-electron chi connectivity index (χ3n) is 0.902. The summed E-state index contributed by atoms with van der Waals surface area (Å²) in [5, 5.41) is 3.05. The third-order valence-corrected chi connectivity index (χ3v) is 0.902. The van der Waals surface area contributed by atoms with Gasteiger partial charge >= 0.3 is 7.62 Å². The van der Waals surface area contributed by atoms with Gasteiger partial charge in [-0.25, -0.2) is 0 Å². The van der Waals surface area contributed by atoms with E-state index in [0.29, 0.717) is 6.10 Å². The van der Waals surface area contributed by atoms with Crippen molar-refractivity contribution in [2.45, 2.75) is 13.0 Å². The highest BCUT2D eigenvalue weighted by Crippen LogP contribution is 1.89. The van der Waals surface area contributed by atoms with Crippen LogP contribution in [0.5, 0.6) is 0 Å². The molecule has 4 heteroatoms. The first-order valence-electron chi connectivity index (χ1n) is 2.22. The summed E-state index contributed by atoms with van der Waals surface area (Å²) in [6.07, 6.45) is 0.435. The molecule has 0 aromatic heterocycles. The van der Waals surface area contributed by atoms with E-state index in [1.165, 1.54) is 0 Å². The number of hydrogen-bond donors (Lipinski definition) is 1. The van der Waals surface area contributed by atoms with Crippen LogP contribution in [0.3, 0.4) is 0 Å². The Kier molecular flexibility index (Phi) is 3.13. The van der Waals surface area contributed by atoms with Crippen LogP contribution in [0.1, 0.15) is 6.92 Å². The molecule has 0 amide bonds. The third kappa shape index (κ3) is 2.00. The average molecular weight is 98.8 g/mol. The number of hydrogen-bond acceptors (Lipinski definition) is 2. The molecule has 7 heavy (non-hydrogen) atoms. The molecule has 1 aliphatic heterocycles. The highest BCUT2D eigenvalue weighted by Gasteiger charge is 2.08. The monoisotopic (exact) mass is 99.1 g/mol. The first-order valence-corrected chi connectivity index (χ1v) is 2.22. The zero-order chi connectivity index (χ0) is 4.41. The maximum absolute atomic E-state index is 5.04. The maximum atomic E-state index is 5.04. The van der Waals surface area contributed by atoms with Crippen LogP contribution in [0.25, 0.3) is 0 Å². The molecule has 0 aromatic rings. The normalized spacial score (nSPS) is 28.4. The van der Waals surface area contributed by atoms with Gasteiger partial charge in [0.2, 0.25) is 0 Å². The predicted molar refractivity (Wildman–Crippen MR) is 35.6 cm³/mol. The highest BCUT2D eigenvalue weighted by atomic mass is 16.5. The van der Waals surface area contributed by atoms with Crippen LogP contribution in [-0.2, 0) is 4.65 Å². The first-order chi connectivity index (χ1) is 2.89. The predicted octanol–water partition coefficient (Wildman–Crippen LogP) is -1.92. The standard InChI is InChI=1S/C3H8BNO.BH3/c1-3-2-5-4-6-3;/h3-5H,2H2,1H3;1H3. The molecule has 0 saturated carbocycles. The van der Waals surface area contributed by atoms with Gasteiger partial charge in [-0.2, -0.15) is 0 Å². The summed E-state index contributed by atoms with van der Waals surface area (Å²) >= 11 is 0. The van der Waals surface area contributed by atoms with Gasteiger partial charge in [0.15, 0.2) is 0 Å². The molecule has 1 aliphatic rings. The minimum absolute atomic E-state index is 0. The Morgan fingerprint density at radius 1 is 1.86 bits per heavy atom. The Hall–Kier alpha value is 0.0499. The second kappa shape index (κ2) is 3.10. The Labute approximate surface area is 46.5 Å². The van der Waals surface area contributed by atoms with E-state index in [1.54, 1.807) is 0 Å². The fourth-order valence-corrected chi connectivity index (χ4v) is 0.522. The van der Waals surface area contributed by atoms with Crippen molar-refractivity contribution in [1.29, 1.82) is 0 Å². The van der Waals surface area contributed by atoms with Crippen molar-refractivity contribution < 1.29 is 4.65 Å². The summed E-state index contributed by atoms with van der Waals surface area (Å²) in [4.78, 5) is 0. The van der Waals surface area contributed by atoms with Gasteiger partial charge in [-0.1, -0.05) is 0 Å². The Balaban J connectivity index is 0.000000360. The molecule has 0 bridgehead atoms. The van der Waals surface area contributed by atoms with E-state index in [-0.39, 0.29) is 8.41 Å². The van der Waals surface area contributed by atoms with Crippen molar-refractivity contribution in [1.82, 2.24) is 5.23 Å². The zero-order valence-corrected chi connectivity index (χ0v) is 3.90. The van der Waals surface area contributed by atoms with Crippen LogP contribution >= 0.6 is 0 Å².